The Morgan fingerprint density at radius 3 is 2.39 bits per heavy atom. The van der Waals surface area contributed by atoms with E-state index in [-0.39, 0.29) is 11.6 Å². The zero-order valence-corrected chi connectivity index (χ0v) is 10.2. The number of ketones is 1. The number of carbonyl (C=O) groups excluding carboxylic acids is 1. The normalized spacial score (nSPS) is 10.2. The van der Waals surface area contributed by atoms with Gasteiger partial charge in [-0.1, -0.05) is 11.6 Å². The SMILES string of the molecule is COc1ccc(C)cc1C(=O)c1ccc(F)cc1. The second kappa shape index (κ2) is 5.00. The van der Waals surface area contributed by atoms with Gasteiger partial charge in [0.05, 0.1) is 12.7 Å². The van der Waals surface area contributed by atoms with Crippen molar-refractivity contribution < 1.29 is 13.9 Å². The topological polar surface area (TPSA) is 26.3 Å². The van der Waals surface area contributed by atoms with Gasteiger partial charge < -0.3 is 4.74 Å². The summed E-state index contributed by atoms with van der Waals surface area (Å²) in [5, 5.41) is 0. The van der Waals surface area contributed by atoms with Crippen molar-refractivity contribution in [3.8, 4) is 5.75 Å². The summed E-state index contributed by atoms with van der Waals surface area (Å²) in [5.41, 5.74) is 1.91. The van der Waals surface area contributed by atoms with Gasteiger partial charge in [-0.3, -0.25) is 4.79 Å². The molecule has 0 unspecified atom stereocenters. The third-order valence-electron chi connectivity index (χ3n) is 2.71. The summed E-state index contributed by atoms with van der Waals surface area (Å²) in [5.74, 6) is -0.00627. The van der Waals surface area contributed by atoms with Crippen molar-refractivity contribution in [2.45, 2.75) is 6.92 Å². The summed E-state index contributed by atoms with van der Waals surface area (Å²) in [4.78, 5) is 12.3. The van der Waals surface area contributed by atoms with E-state index in [4.69, 9.17) is 4.74 Å². The zero-order chi connectivity index (χ0) is 13.1. The van der Waals surface area contributed by atoms with Crippen LogP contribution in [0.15, 0.2) is 42.5 Å². The molecule has 0 bridgehead atoms. The largest absolute Gasteiger partial charge is 0.496 e. The maximum Gasteiger partial charge on any atom is 0.196 e. The van der Waals surface area contributed by atoms with Crippen molar-refractivity contribution >= 4 is 5.78 Å². The highest BCUT2D eigenvalue weighted by atomic mass is 19.1. The minimum Gasteiger partial charge on any atom is -0.496 e. The van der Waals surface area contributed by atoms with Crippen molar-refractivity contribution in [1.29, 1.82) is 0 Å². The minimum absolute atomic E-state index is 0.171. The van der Waals surface area contributed by atoms with Gasteiger partial charge in [0.1, 0.15) is 11.6 Å². The Morgan fingerprint density at radius 2 is 1.78 bits per heavy atom. The van der Waals surface area contributed by atoms with E-state index in [2.05, 4.69) is 0 Å². The Labute approximate surface area is 105 Å². The fraction of sp³-hybridized carbons (Fsp3) is 0.133. The molecule has 0 amide bonds. The molecule has 0 saturated carbocycles. The van der Waals surface area contributed by atoms with Gasteiger partial charge in [0.15, 0.2) is 5.78 Å². The van der Waals surface area contributed by atoms with Gasteiger partial charge in [-0.15, -0.1) is 0 Å². The number of carbonyl (C=O) groups is 1. The molecule has 2 aromatic carbocycles. The number of hydrogen-bond donors (Lipinski definition) is 0. The van der Waals surface area contributed by atoms with Gasteiger partial charge in [0.2, 0.25) is 0 Å². The third kappa shape index (κ3) is 2.40. The van der Waals surface area contributed by atoms with Crippen LogP contribution in [0, 0.1) is 12.7 Å². The molecule has 0 heterocycles. The molecular weight excluding hydrogens is 231 g/mol. The molecule has 3 heteroatoms. The predicted molar refractivity (Wildman–Crippen MR) is 67.6 cm³/mol. The molecule has 2 aromatic rings. The fourth-order valence-electron chi connectivity index (χ4n) is 1.76. The van der Waals surface area contributed by atoms with Crippen molar-refractivity contribution in [1.82, 2.24) is 0 Å². The molecule has 0 aliphatic carbocycles. The first-order chi connectivity index (χ1) is 8.61. The number of aryl methyl sites for hydroxylation is 1. The molecule has 0 N–H and O–H groups in total. The molecule has 2 rings (SSSR count). The predicted octanol–water partition coefficient (Wildman–Crippen LogP) is 3.37. The molecule has 0 spiro atoms. The molecule has 0 radical (unpaired) electrons. The summed E-state index contributed by atoms with van der Waals surface area (Å²) in [6, 6.07) is 10.9. The Balaban J connectivity index is 2.45. The second-order valence-electron chi connectivity index (χ2n) is 4.04. The van der Waals surface area contributed by atoms with Gasteiger partial charge in [-0.25, -0.2) is 4.39 Å². The third-order valence-corrected chi connectivity index (χ3v) is 2.71. The van der Waals surface area contributed by atoms with Crippen LogP contribution >= 0.6 is 0 Å². The number of benzene rings is 2. The number of ether oxygens (including phenoxy) is 1. The van der Waals surface area contributed by atoms with Crippen LogP contribution in [0.2, 0.25) is 0 Å². The summed E-state index contributed by atoms with van der Waals surface area (Å²) in [6.07, 6.45) is 0. The lowest BCUT2D eigenvalue weighted by Gasteiger charge is -2.08. The number of methoxy groups -OCH3 is 1. The quantitative estimate of drug-likeness (QED) is 0.774. The smallest absolute Gasteiger partial charge is 0.196 e. The number of rotatable bonds is 3. The molecule has 0 saturated heterocycles. The van der Waals surface area contributed by atoms with Crippen molar-refractivity contribution in [3.05, 3.63) is 65.0 Å². The standard InChI is InChI=1S/C15H13FO2/c1-10-3-8-14(18-2)13(9-10)15(17)11-4-6-12(16)7-5-11/h3-9H,1-2H3. The van der Waals surface area contributed by atoms with E-state index in [1.807, 2.05) is 13.0 Å². The van der Waals surface area contributed by atoms with Crippen LogP contribution in [0.3, 0.4) is 0 Å². The second-order valence-corrected chi connectivity index (χ2v) is 4.04. The summed E-state index contributed by atoms with van der Waals surface area (Å²) < 4.78 is 18.0. The van der Waals surface area contributed by atoms with E-state index in [1.54, 1.807) is 12.1 Å². The van der Waals surface area contributed by atoms with Gasteiger partial charge in [-0.2, -0.15) is 0 Å². The minimum atomic E-state index is -0.359. The first-order valence-electron chi connectivity index (χ1n) is 5.56. The van der Waals surface area contributed by atoms with E-state index < -0.39 is 0 Å². The van der Waals surface area contributed by atoms with Gasteiger partial charge >= 0.3 is 0 Å². The highest BCUT2D eigenvalue weighted by Gasteiger charge is 2.14. The van der Waals surface area contributed by atoms with Gasteiger partial charge in [0.25, 0.3) is 0 Å². The molecule has 0 atom stereocenters. The van der Waals surface area contributed by atoms with Crippen LogP contribution in [-0.4, -0.2) is 12.9 Å². The van der Waals surface area contributed by atoms with Crippen LogP contribution < -0.4 is 4.74 Å². The van der Waals surface area contributed by atoms with E-state index in [0.29, 0.717) is 16.9 Å². The van der Waals surface area contributed by atoms with Crippen molar-refractivity contribution in [2.75, 3.05) is 7.11 Å². The average Bonchev–Trinajstić information content (AvgIpc) is 2.39. The number of halogens is 1. The van der Waals surface area contributed by atoms with E-state index in [1.165, 1.54) is 31.4 Å². The summed E-state index contributed by atoms with van der Waals surface area (Å²) in [7, 11) is 1.52. The van der Waals surface area contributed by atoms with Crippen LogP contribution in [0.1, 0.15) is 21.5 Å². The lowest BCUT2D eigenvalue weighted by Crippen LogP contribution is -2.04. The Hall–Kier alpha value is -2.16. The molecule has 0 aliphatic rings. The summed E-state index contributed by atoms with van der Waals surface area (Å²) >= 11 is 0. The van der Waals surface area contributed by atoms with Crippen molar-refractivity contribution in [2.24, 2.45) is 0 Å². The molecular formula is C15H13FO2. The average molecular weight is 244 g/mol. The van der Waals surface area contributed by atoms with Gasteiger partial charge in [-0.05, 0) is 43.3 Å². The maximum atomic E-state index is 12.8. The molecule has 2 nitrogen and oxygen atoms in total. The Morgan fingerprint density at radius 1 is 1.11 bits per heavy atom. The molecule has 0 fully saturated rings. The highest BCUT2D eigenvalue weighted by molar-refractivity contribution is 6.10. The molecule has 0 aliphatic heterocycles. The maximum absolute atomic E-state index is 12.8. The highest BCUT2D eigenvalue weighted by Crippen LogP contribution is 2.23. The van der Waals surface area contributed by atoms with Crippen LogP contribution in [0.25, 0.3) is 0 Å². The molecule has 0 aromatic heterocycles. The monoisotopic (exact) mass is 244 g/mol. The van der Waals surface area contributed by atoms with E-state index >= 15 is 0 Å². The Kier molecular flexibility index (Phi) is 3.42. The van der Waals surface area contributed by atoms with Crippen LogP contribution in [-0.2, 0) is 0 Å². The van der Waals surface area contributed by atoms with Crippen LogP contribution in [0.5, 0.6) is 5.75 Å². The van der Waals surface area contributed by atoms with E-state index in [9.17, 15) is 9.18 Å². The molecule has 92 valence electrons. The van der Waals surface area contributed by atoms with Crippen molar-refractivity contribution in [3.63, 3.8) is 0 Å². The van der Waals surface area contributed by atoms with Crippen LogP contribution in [0.4, 0.5) is 4.39 Å². The fourth-order valence-corrected chi connectivity index (χ4v) is 1.76. The first kappa shape index (κ1) is 12.3. The lowest BCUT2D eigenvalue weighted by atomic mass is 10.0. The lowest BCUT2D eigenvalue weighted by molar-refractivity contribution is 0.103. The van der Waals surface area contributed by atoms with E-state index in [0.717, 1.165) is 5.56 Å². The summed E-state index contributed by atoms with van der Waals surface area (Å²) in [6.45, 7) is 1.90. The number of hydrogen-bond acceptors (Lipinski definition) is 2. The Bertz CT molecular complexity index is 574. The molecule has 18 heavy (non-hydrogen) atoms. The van der Waals surface area contributed by atoms with Gasteiger partial charge in [0, 0.05) is 5.56 Å². The first-order valence-corrected chi connectivity index (χ1v) is 5.56. The zero-order valence-electron chi connectivity index (χ0n) is 10.2.